The highest BCUT2D eigenvalue weighted by atomic mass is 19.4. The summed E-state index contributed by atoms with van der Waals surface area (Å²) in [6, 6.07) is -0.458. The third-order valence-corrected chi connectivity index (χ3v) is 3.66. The van der Waals surface area contributed by atoms with Crippen LogP contribution in [-0.4, -0.2) is 47.8 Å². The fraction of sp³-hybridized carbons (Fsp3) is 0.846. The molecule has 1 saturated carbocycles. The highest BCUT2D eigenvalue weighted by Gasteiger charge is 2.55. The lowest BCUT2D eigenvalue weighted by molar-refractivity contribution is -0.177. The molecule has 1 aliphatic carbocycles. The summed E-state index contributed by atoms with van der Waals surface area (Å²) in [4.78, 5) is 24.1. The average molecular weight is 308 g/mol. The molecule has 1 aliphatic heterocycles. The number of likely N-dealkylation sites (tertiary alicyclic amines) is 1. The molecule has 0 radical (unpaired) electrons. The second kappa shape index (κ2) is 4.78. The molecule has 1 heterocycles. The number of hydrogen-bond donors (Lipinski definition) is 1. The fourth-order valence-electron chi connectivity index (χ4n) is 2.83. The topological polar surface area (TPSA) is 58.6 Å². The standard InChI is InChI=1S/C13H19F3N2O3/c1-11(2,3)21-10(20)18-6-12(7-18)4-8(5-12)17-9(19)13(14,15)16/h8H,4-7H2,1-3H3,(H,17,19). The van der Waals surface area contributed by atoms with Crippen LogP contribution in [0, 0.1) is 5.41 Å². The molecular weight excluding hydrogens is 289 g/mol. The molecule has 1 N–H and O–H groups in total. The Labute approximate surface area is 120 Å². The molecule has 1 saturated heterocycles. The quantitative estimate of drug-likeness (QED) is 0.807. The van der Waals surface area contributed by atoms with Crippen molar-refractivity contribution < 1.29 is 27.5 Å². The summed E-state index contributed by atoms with van der Waals surface area (Å²) in [7, 11) is 0. The number of carbonyl (C=O) groups excluding carboxylic acids is 2. The smallest absolute Gasteiger partial charge is 0.444 e. The van der Waals surface area contributed by atoms with Crippen molar-refractivity contribution in [2.75, 3.05) is 13.1 Å². The summed E-state index contributed by atoms with van der Waals surface area (Å²) in [5.41, 5.74) is -0.719. The van der Waals surface area contributed by atoms with E-state index in [2.05, 4.69) is 0 Å². The molecule has 0 unspecified atom stereocenters. The van der Waals surface area contributed by atoms with Gasteiger partial charge in [0, 0.05) is 24.5 Å². The molecule has 2 aliphatic rings. The Balaban J connectivity index is 1.72. The van der Waals surface area contributed by atoms with Crippen LogP contribution in [0.3, 0.4) is 0 Å². The highest BCUT2D eigenvalue weighted by molar-refractivity contribution is 5.82. The first-order valence-corrected chi connectivity index (χ1v) is 6.76. The fourth-order valence-corrected chi connectivity index (χ4v) is 2.83. The maximum atomic E-state index is 12.1. The van der Waals surface area contributed by atoms with Crippen LogP contribution in [0.15, 0.2) is 0 Å². The van der Waals surface area contributed by atoms with Crippen molar-refractivity contribution in [3.8, 4) is 0 Å². The highest BCUT2D eigenvalue weighted by Crippen LogP contribution is 2.48. The van der Waals surface area contributed by atoms with E-state index in [1.165, 1.54) is 4.90 Å². The molecule has 0 atom stereocenters. The van der Waals surface area contributed by atoms with Gasteiger partial charge in [0.05, 0.1) is 0 Å². The van der Waals surface area contributed by atoms with E-state index < -0.39 is 29.8 Å². The molecular formula is C13H19F3N2O3. The molecule has 2 rings (SSSR count). The number of nitrogens with one attached hydrogen (secondary N) is 1. The van der Waals surface area contributed by atoms with Crippen molar-refractivity contribution in [1.29, 1.82) is 0 Å². The predicted molar refractivity (Wildman–Crippen MR) is 67.5 cm³/mol. The van der Waals surface area contributed by atoms with E-state index in [1.807, 2.05) is 5.32 Å². The summed E-state index contributed by atoms with van der Waals surface area (Å²) >= 11 is 0. The first-order valence-electron chi connectivity index (χ1n) is 6.76. The monoisotopic (exact) mass is 308 g/mol. The lowest BCUT2D eigenvalue weighted by atomic mass is 9.61. The minimum absolute atomic E-state index is 0.152. The second-order valence-electron chi connectivity index (χ2n) is 6.91. The van der Waals surface area contributed by atoms with Crippen LogP contribution in [-0.2, 0) is 9.53 Å². The Morgan fingerprint density at radius 2 is 1.71 bits per heavy atom. The van der Waals surface area contributed by atoms with Crippen LogP contribution in [0.1, 0.15) is 33.6 Å². The van der Waals surface area contributed by atoms with Crippen LogP contribution in [0.25, 0.3) is 0 Å². The van der Waals surface area contributed by atoms with Crippen LogP contribution in [0.5, 0.6) is 0 Å². The number of ether oxygens (including phenoxy) is 1. The van der Waals surface area contributed by atoms with Gasteiger partial charge in [-0.1, -0.05) is 0 Å². The average Bonchev–Trinajstić information content (AvgIpc) is 2.14. The number of halogens is 3. The van der Waals surface area contributed by atoms with E-state index in [1.54, 1.807) is 20.8 Å². The van der Waals surface area contributed by atoms with Crippen molar-refractivity contribution in [2.24, 2.45) is 5.41 Å². The van der Waals surface area contributed by atoms with Crippen LogP contribution in [0.2, 0.25) is 0 Å². The maximum absolute atomic E-state index is 12.1. The number of nitrogens with zero attached hydrogens (tertiary/aromatic N) is 1. The first kappa shape index (κ1) is 15.9. The number of alkyl halides is 3. The summed E-state index contributed by atoms with van der Waals surface area (Å²) in [5.74, 6) is -1.90. The lowest BCUT2D eigenvalue weighted by Crippen LogP contribution is -2.68. The van der Waals surface area contributed by atoms with Gasteiger partial charge in [-0.3, -0.25) is 4.79 Å². The van der Waals surface area contributed by atoms with Gasteiger partial charge in [-0.05, 0) is 33.6 Å². The summed E-state index contributed by atoms with van der Waals surface area (Å²) in [5, 5.41) is 1.96. The Kier molecular flexibility index (Phi) is 3.62. The maximum Gasteiger partial charge on any atom is 0.471 e. The Morgan fingerprint density at radius 3 is 2.14 bits per heavy atom. The minimum atomic E-state index is -4.84. The van der Waals surface area contributed by atoms with E-state index in [0.29, 0.717) is 25.9 Å². The molecule has 0 aromatic heterocycles. The molecule has 21 heavy (non-hydrogen) atoms. The minimum Gasteiger partial charge on any atom is -0.444 e. The van der Waals surface area contributed by atoms with Gasteiger partial charge in [0.2, 0.25) is 0 Å². The molecule has 5 nitrogen and oxygen atoms in total. The van der Waals surface area contributed by atoms with Gasteiger partial charge < -0.3 is 15.0 Å². The second-order valence-corrected chi connectivity index (χ2v) is 6.91. The van der Waals surface area contributed by atoms with E-state index in [9.17, 15) is 22.8 Å². The SMILES string of the molecule is CC(C)(C)OC(=O)N1CC2(CC(NC(=O)C(F)(F)F)C2)C1. The van der Waals surface area contributed by atoms with Crippen molar-refractivity contribution in [1.82, 2.24) is 10.2 Å². The Bertz CT molecular complexity index is 443. The van der Waals surface area contributed by atoms with Crippen LogP contribution < -0.4 is 5.32 Å². The number of rotatable bonds is 1. The van der Waals surface area contributed by atoms with Crippen LogP contribution >= 0.6 is 0 Å². The predicted octanol–water partition coefficient (Wildman–Crippen LogP) is 2.06. The van der Waals surface area contributed by atoms with E-state index in [0.717, 1.165) is 0 Å². The van der Waals surface area contributed by atoms with Crippen LogP contribution in [0.4, 0.5) is 18.0 Å². The Hall–Kier alpha value is -1.47. The first-order chi connectivity index (χ1) is 9.40. The van der Waals surface area contributed by atoms with Gasteiger partial charge in [-0.25, -0.2) is 4.79 Å². The molecule has 120 valence electrons. The molecule has 0 bridgehead atoms. The summed E-state index contributed by atoms with van der Waals surface area (Å²) < 4.78 is 41.5. The van der Waals surface area contributed by atoms with Crippen molar-refractivity contribution >= 4 is 12.0 Å². The summed E-state index contributed by atoms with van der Waals surface area (Å²) in [6.45, 7) is 6.26. The van der Waals surface area contributed by atoms with E-state index >= 15 is 0 Å². The largest absolute Gasteiger partial charge is 0.471 e. The third kappa shape index (κ3) is 3.59. The molecule has 0 aromatic carbocycles. The lowest BCUT2D eigenvalue weighted by Gasteiger charge is -2.58. The van der Waals surface area contributed by atoms with Gasteiger partial charge >= 0.3 is 18.2 Å². The van der Waals surface area contributed by atoms with E-state index in [-0.39, 0.29) is 5.41 Å². The van der Waals surface area contributed by atoms with Gasteiger partial charge in [-0.15, -0.1) is 0 Å². The number of hydrogen-bond acceptors (Lipinski definition) is 3. The van der Waals surface area contributed by atoms with E-state index in [4.69, 9.17) is 4.74 Å². The van der Waals surface area contributed by atoms with Gasteiger partial charge in [-0.2, -0.15) is 13.2 Å². The zero-order chi connectivity index (χ0) is 16.1. The normalized spacial score (nSPS) is 21.5. The van der Waals surface area contributed by atoms with Crippen molar-refractivity contribution in [2.45, 2.75) is 51.4 Å². The molecule has 2 amide bonds. The third-order valence-electron chi connectivity index (χ3n) is 3.66. The molecule has 1 spiro atoms. The summed E-state index contributed by atoms with van der Waals surface area (Å²) in [6.07, 6.45) is -4.32. The number of carbonyl (C=O) groups is 2. The number of amides is 2. The van der Waals surface area contributed by atoms with Crippen molar-refractivity contribution in [3.05, 3.63) is 0 Å². The molecule has 2 fully saturated rings. The Morgan fingerprint density at radius 1 is 1.19 bits per heavy atom. The van der Waals surface area contributed by atoms with Gasteiger partial charge in [0.15, 0.2) is 0 Å². The zero-order valence-corrected chi connectivity index (χ0v) is 12.2. The molecule has 8 heteroatoms. The van der Waals surface area contributed by atoms with Crippen molar-refractivity contribution in [3.63, 3.8) is 0 Å². The van der Waals surface area contributed by atoms with Gasteiger partial charge in [0.25, 0.3) is 0 Å². The van der Waals surface area contributed by atoms with Gasteiger partial charge in [0.1, 0.15) is 5.60 Å². The zero-order valence-electron chi connectivity index (χ0n) is 12.2. The molecule has 0 aromatic rings.